The summed E-state index contributed by atoms with van der Waals surface area (Å²) >= 11 is 0. The van der Waals surface area contributed by atoms with Crippen LogP contribution >= 0.6 is 0 Å². The quantitative estimate of drug-likeness (QED) is 0.233. The lowest BCUT2D eigenvalue weighted by Gasteiger charge is -2.57. The number of esters is 1. The number of unbranched alkanes of at least 4 members (excludes halogenated alkanes) is 2. The number of carbonyl (C=O) groups excluding carboxylic acids is 1. The van der Waals surface area contributed by atoms with Crippen LogP contribution in [-0.2, 0) is 22.5 Å². The van der Waals surface area contributed by atoms with Crippen LogP contribution in [0, 0.1) is 22.7 Å². The highest BCUT2D eigenvalue weighted by Gasteiger charge is 2.57. The molecule has 0 aliphatic heterocycles. The van der Waals surface area contributed by atoms with E-state index in [2.05, 4.69) is 45.2 Å². The van der Waals surface area contributed by atoms with E-state index in [0.29, 0.717) is 11.8 Å². The second-order valence-corrected chi connectivity index (χ2v) is 11.5. The van der Waals surface area contributed by atoms with Crippen molar-refractivity contribution in [3.05, 3.63) is 35.8 Å². The largest absolute Gasteiger partial charge is 0.469 e. The van der Waals surface area contributed by atoms with Crippen molar-refractivity contribution in [3.8, 4) is 0 Å². The first-order valence-electron chi connectivity index (χ1n) is 13.8. The molecule has 2 aliphatic carbocycles. The molecule has 0 bridgehead atoms. The molecule has 2 saturated carbocycles. The van der Waals surface area contributed by atoms with E-state index in [1.807, 2.05) is 6.26 Å². The predicted octanol–water partition coefficient (Wildman–Crippen LogP) is 7.57. The summed E-state index contributed by atoms with van der Waals surface area (Å²) in [5, 5.41) is 0. The van der Waals surface area contributed by atoms with Crippen molar-refractivity contribution in [2.75, 3.05) is 20.2 Å². The van der Waals surface area contributed by atoms with E-state index in [4.69, 9.17) is 9.15 Å². The van der Waals surface area contributed by atoms with Gasteiger partial charge in [-0.1, -0.05) is 52.2 Å². The molecular formula is C30H49NO3. The Morgan fingerprint density at radius 1 is 1.21 bits per heavy atom. The maximum absolute atomic E-state index is 12.9. The summed E-state index contributed by atoms with van der Waals surface area (Å²) in [7, 11) is 1.55. The highest BCUT2D eigenvalue weighted by Crippen LogP contribution is 2.62. The number of rotatable bonds is 12. The van der Waals surface area contributed by atoms with Crippen LogP contribution in [0.5, 0.6) is 0 Å². The van der Waals surface area contributed by atoms with Crippen LogP contribution in [0.4, 0.5) is 0 Å². The van der Waals surface area contributed by atoms with Crippen molar-refractivity contribution in [3.63, 3.8) is 0 Å². The fourth-order valence-electron chi connectivity index (χ4n) is 7.22. The molecule has 3 rings (SSSR count). The molecule has 2 aliphatic rings. The topological polar surface area (TPSA) is 42.7 Å². The lowest BCUT2D eigenvalue weighted by molar-refractivity contribution is -0.168. The SMILES string of the molecule is C=C1CCC2C(C)(C(=O)OC)CCCC2(C)C1CCc1ccoc1CN(CCCC)CCCC. The van der Waals surface area contributed by atoms with Crippen molar-refractivity contribution in [1.82, 2.24) is 4.90 Å². The molecule has 1 aromatic rings. The number of hydrogen-bond donors (Lipinski definition) is 0. The Morgan fingerprint density at radius 3 is 2.56 bits per heavy atom. The van der Waals surface area contributed by atoms with Crippen molar-refractivity contribution in [2.24, 2.45) is 22.7 Å². The lowest BCUT2D eigenvalue weighted by atomic mass is 9.46. The number of allylic oxidation sites excluding steroid dienone is 1. The third-order valence-corrected chi connectivity index (χ3v) is 9.23. The molecular weight excluding hydrogens is 422 g/mol. The van der Waals surface area contributed by atoms with E-state index in [1.54, 1.807) is 7.11 Å². The Balaban J connectivity index is 1.73. The minimum absolute atomic E-state index is 0.0222. The summed E-state index contributed by atoms with van der Waals surface area (Å²) < 4.78 is 11.3. The van der Waals surface area contributed by atoms with E-state index >= 15 is 0 Å². The minimum atomic E-state index is -0.374. The average molecular weight is 472 g/mol. The van der Waals surface area contributed by atoms with Crippen molar-refractivity contribution in [1.29, 1.82) is 0 Å². The smallest absolute Gasteiger partial charge is 0.311 e. The Bertz CT molecular complexity index is 806. The average Bonchev–Trinajstić information content (AvgIpc) is 3.26. The summed E-state index contributed by atoms with van der Waals surface area (Å²) in [6, 6.07) is 2.18. The van der Waals surface area contributed by atoms with Crippen LogP contribution < -0.4 is 0 Å². The van der Waals surface area contributed by atoms with Crippen LogP contribution in [0.25, 0.3) is 0 Å². The molecule has 4 heteroatoms. The second-order valence-electron chi connectivity index (χ2n) is 11.5. The molecule has 2 fully saturated rings. The first-order chi connectivity index (χ1) is 16.3. The summed E-state index contributed by atoms with van der Waals surface area (Å²) in [5.74, 6) is 1.91. The fraction of sp³-hybridized carbons (Fsp3) is 0.767. The molecule has 0 saturated heterocycles. The number of nitrogens with zero attached hydrogens (tertiary/aromatic N) is 1. The summed E-state index contributed by atoms with van der Waals surface area (Å²) in [5.41, 5.74) is 2.46. The highest BCUT2D eigenvalue weighted by molar-refractivity contribution is 5.77. The van der Waals surface area contributed by atoms with E-state index in [-0.39, 0.29) is 16.8 Å². The molecule has 1 heterocycles. The number of hydrogen-bond acceptors (Lipinski definition) is 4. The molecule has 1 aromatic heterocycles. The first-order valence-corrected chi connectivity index (χ1v) is 13.8. The molecule has 4 unspecified atom stereocenters. The normalized spacial score (nSPS) is 29.3. The maximum atomic E-state index is 12.9. The third kappa shape index (κ3) is 5.64. The summed E-state index contributed by atoms with van der Waals surface area (Å²) in [6.07, 6.45) is 14.2. The second kappa shape index (κ2) is 11.9. The number of ether oxygens (including phenoxy) is 1. The molecule has 0 aromatic carbocycles. The van der Waals surface area contributed by atoms with Gasteiger partial charge in [0, 0.05) is 0 Å². The molecule has 0 amide bonds. The van der Waals surface area contributed by atoms with Gasteiger partial charge in [0.1, 0.15) is 5.76 Å². The van der Waals surface area contributed by atoms with Gasteiger partial charge in [0.25, 0.3) is 0 Å². The lowest BCUT2D eigenvalue weighted by Crippen LogP contribution is -2.53. The van der Waals surface area contributed by atoms with Crippen LogP contribution in [-0.4, -0.2) is 31.1 Å². The third-order valence-electron chi connectivity index (χ3n) is 9.23. The van der Waals surface area contributed by atoms with Gasteiger partial charge in [0.15, 0.2) is 0 Å². The zero-order chi connectivity index (χ0) is 24.8. The zero-order valence-corrected chi connectivity index (χ0v) is 22.6. The number of furan rings is 1. The van der Waals surface area contributed by atoms with Crippen molar-refractivity contribution < 1.29 is 13.9 Å². The fourth-order valence-corrected chi connectivity index (χ4v) is 7.22. The molecule has 4 atom stereocenters. The van der Waals surface area contributed by atoms with Gasteiger partial charge in [0.05, 0.1) is 25.3 Å². The van der Waals surface area contributed by atoms with Crippen molar-refractivity contribution in [2.45, 2.75) is 105 Å². The van der Waals surface area contributed by atoms with E-state index in [0.717, 1.165) is 63.9 Å². The molecule has 0 radical (unpaired) electrons. The monoisotopic (exact) mass is 471 g/mol. The number of carbonyl (C=O) groups is 1. The summed E-state index contributed by atoms with van der Waals surface area (Å²) in [4.78, 5) is 15.4. The van der Waals surface area contributed by atoms with Gasteiger partial charge >= 0.3 is 5.97 Å². The molecule has 34 heavy (non-hydrogen) atoms. The van der Waals surface area contributed by atoms with Gasteiger partial charge in [-0.2, -0.15) is 0 Å². The number of methoxy groups -OCH3 is 1. The van der Waals surface area contributed by atoms with Gasteiger partial charge < -0.3 is 9.15 Å². The summed E-state index contributed by atoms with van der Waals surface area (Å²) in [6.45, 7) is 16.8. The minimum Gasteiger partial charge on any atom is -0.469 e. The van der Waals surface area contributed by atoms with Crippen molar-refractivity contribution >= 4 is 5.97 Å². The van der Waals surface area contributed by atoms with Gasteiger partial charge in [-0.3, -0.25) is 9.69 Å². The predicted molar refractivity (Wildman–Crippen MR) is 140 cm³/mol. The van der Waals surface area contributed by atoms with Crippen LogP contribution in [0.3, 0.4) is 0 Å². The van der Waals surface area contributed by atoms with E-state index in [1.165, 1.54) is 43.2 Å². The maximum Gasteiger partial charge on any atom is 0.311 e. The Morgan fingerprint density at radius 2 is 1.91 bits per heavy atom. The number of aryl methyl sites for hydroxylation is 1. The van der Waals surface area contributed by atoms with Crippen LogP contribution in [0.1, 0.15) is 103 Å². The molecule has 4 nitrogen and oxygen atoms in total. The van der Waals surface area contributed by atoms with E-state index < -0.39 is 0 Å². The van der Waals surface area contributed by atoms with E-state index in [9.17, 15) is 4.79 Å². The van der Waals surface area contributed by atoms with Gasteiger partial charge in [-0.15, -0.1) is 0 Å². The van der Waals surface area contributed by atoms with Crippen LogP contribution in [0.2, 0.25) is 0 Å². The Labute approximate surface area is 208 Å². The molecule has 0 N–H and O–H groups in total. The Hall–Kier alpha value is -1.55. The Kier molecular flexibility index (Phi) is 9.49. The number of fused-ring (bicyclic) bond motifs is 1. The highest BCUT2D eigenvalue weighted by atomic mass is 16.5. The standard InChI is InChI=1S/C30H49NO3/c1-7-9-19-31(20-10-8-2)22-26-24(16-21-34-26)13-14-25-23(3)12-15-27-29(25,4)17-11-18-30(27,5)28(32)33-6/h16,21,25,27H,3,7-15,17-20,22H2,1-2,4-6H3. The van der Waals surface area contributed by atoms with Gasteiger partial charge in [0.2, 0.25) is 0 Å². The first kappa shape index (κ1) is 27.0. The molecule has 0 spiro atoms. The van der Waals surface area contributed by atoms with Gasteiger partial charge in [-0.05, 0) is 100 Å². The van der Waals surface area contributed by atoms with Gasteiger partial charge in [-0.25, -0.2) is 0 Å². The zero-order valence-electron chi connectivity index (χ0n) is 22.6. The van der Waals surface area contributed by atoms with Crippen LogP contribution in [0.15, 0.2) is 28.9 Å². The molecule has 192 valence electrons.